The maximum Gasteiger partial charge on any atom is 0.351 e. The Bertz CT molecular complexity index is 446. The highest BCUT2D eigenvalue weighted by Gasteiger charge is 2.08. The van der Waals surface area contributed by atoms with Crippen molar-refractivity contribution in [1.82, 2.24) is 0 Å². The highest BCUT2D eigenvalue weighted by Crippen LogP contribution is 2.07. The standard InChI is InChI=1S/C10H11BrO2Si/c1-14(2,3)5-4-8-6-9(11)7-13-10(8)12/h6-7H,1-3H3. The van der Waals surface area contributed by atoms with Crippen molar-refractivity contribution in [3.8, 4) is 11.5 Å². The maximum atomic E-state index is 11.2. The molecule has 0 aromatic carbocycles. The molecule has 0 aliphatic heterocycles. The van der Waals surface area contributed by atoms with Gasteiger partial charge in [-0.1, -0.05) is 25.6 Å². The molecule has 4 heteroatoms. The summed E-state index contributed by atoms with van der Waals surface area (Å²) < 4.78 is 5.50. The van der Waals surface area contributed by atoms with Gasteiger partial charge in [0, 0.05) is 0 Å². The smallest absolute Gasteiger partial charge is 0.351 e. The average molecular weight is 271 g/mol. The molecular weight excluding hydrogens is 260 g/mol. The van der Waals surface area contributed by atoms with Gasteiger partial charge in [-0.15, -0.1) is 5.54 Å². The van der Waals surface area contributed by atoms with Crippen LogP contribution in [-0.4, -0.2) is 8.07 Å². The third-order valence-corrected chi connectivity index (χ3v) is 2.64. The highest BCUT2D eigenvalue weighted by atomic mass is 79.9. The molecule has 2 nitrogen and oxygen atoms in total. The van der Waals surface area contributed by atoms with Crippen LogP contribution in [-0.2, 0) is 0 Å². The molecule has 0 unspecified atom stereocenters. The summed E-state index contributed by atoms with van der Waals surface area (Å²) in [5, 5.41) is 0. The lowest BCUT2D eigenvalue weighted by Gasteiger charge is -2.02. The lowest BCUT2D eigenvalue weighted by molar-refractivity contribution is 0.505. The van der Waals surface area contributed by atoms with E-state index in [4.69, 9.17) is 4.42 Å². The quantitative estimate of drug-likeness (QED) is 0.536. The van der Waals surface area contributed by atoms with Gasteiger partial charge in [-0.05, 0) is 22.0 Å². The predicted octanol–water partition coefficient (Wildman–Crippen LogP) is 2.63. The molecular formula is C10H11BrO2Si. The summed E-state index contributed by atoms with van der Waals surface area (Å²) in [6, 6.07) is 1.68. The molecule has 0 aliphatic carbocycles. The van der Waals surface area contributed by atoms with Crippen molar-refractivity contribution in [2.45, 2.75) is 19.6 Å². The molecule has 0 fully saturated rings. The van der Waals surface area contributed by atoms with Crippen LogP contribution in [0.2, 0.25) is 19.6 Å². The molecule has 0 bridgehead atoms. The fourth-order valence-electron chi connectivity index (χ4n) is 0.746. The Morgan fingerprint density at radius 1 is 1.43 bits per heavy atom. The van der Waals surface area contributed by atoms with Crippen LogP contribution >= 0.6 is 15.9 Å². The molecule has 1 aromatic heterocycles. The second-order valence-corrected chi connectivity index (χ2v) is 9.63. The Morgan fingerprint density at radius 3 is 2.64 bits per heavy atom. The van der Waals surface area contributed by atoms with E-state index in [1.165, 1.54) is 6.26 Å². The molecule has 1 rings (SSSR count). The fraction of sp³-hybridized carbons (Fsp3) is 0.300. The molecule has 1 aromatic rings. The lowest BCUT2D eigenvalue weighted by Crippen LogP contribution is -2.17. The van der Waals surface area contributed by atoms with Crippen LogP contribution in [0.5, 0.6) is 0 Å². The van der Waals surface area contributed by atoms with Crippen LogP contribution < -0.4 is 5.63 Å². The molecule has 0 amide bonds. The molecule has 0 atom stereocenters. The first-order chi connectivity index (χ1) is 6.38. The monoisotopic (exact) mass is 270 g/mol. The molecule has 0 spiro atoms. The molecule has 0 radical (unpaired) electrons. The number of rotatable bonds is 0. The van der Waals surface area contributed by atoms with Crippen molar-refractivity contribution >= 4 is 24.0 Å². The van der Waals surface area contributed by atoms with Gasteiger partial charge in [0.1, 0.15) is 19.9 Å². The van der Waals surface area contributed by atoms with Crippen molar-refractivity contribution in [2.24, 2.45) is 0 Å². The first kappa shape index (κ1) is 11.3. The minimum atomic E-state index is -1.44. The van der Waals surface area contributed by atoms with E-state index < -0.39 is 8.07 Å². The Morgan fingerprint density at radius 2 is 2.07 bits per heavy atom. The van der Waals surface area contributed by atoms with E-state index >= 15 is 0 Å². The first-order valence-corrected chi connectivity index (χ1v) is 8.49. The number of hydrogen-bond donors (Lipinski definition) is 0. The highest BCUT2D eigenvalue weighted by molar-refractivity contribution is 9.10. The summed E-state index contributed by atoms with van der Waals surface area (Å²) >= 11 is 3.23. The molecule has 0 N–H and O–H groups in total. The average Bonchev–Trinajstić information content (AvgIpc) is 2.05. The Kier molecular flexibility index (Phi) is 3.35. The number of halogens is 1. The van der Waals surface area contributed by atoms with Gasteiger partial charge >= 0.3 is 5.63 Å². The van der Waals surface area contributed by atoms with Gasteiger partial charge in [0.05, 0.1) is 4.47 Å². The number of hydrogen-bond acceptors (Lipinski definition) is 2. The van der Waals surface area contributed by atoms with Gasteiger partial charge in [0.2, 0.25) is 0 Å². The molecule has 0 aliphatic rings. The minimum absolute atomic E-state index is 0.376. The Labute approximate surface area is 92.5 Å². The van der Waals surface area contributed by atoms with Crippen LogP contribution in [0.1, 0.15) is 5.56 Å². The second-order valence-electron chi connectivity index (χ2n) is 3.97. The topological polar surface area (TPSA) is 30.2 Å². The van der Waals surface area contributed by atoms with Crippen LogP contribution in [0.25, 0.3) is 0 Å². The summed E-state index contributed by atoms with van der Waals surface area (Å²) in [5.74, 6) is 2.87. The van der Waals surface area contributed by atoms with Gasteiger partial charge in [-0.2, -0.15) is 0 Å². The van der Waals surface area contributed by atoms with E-state index in [0.29, 0.717) is 5.56 Å². The zero-order chi connectivity index (χ0) is 10.8. The van der Waals surface area contributed by atoms with Crippen LogP contribution in [0.4, 0.5) is 0 Å². The van der Waals surface area contributed by atoms with Gasteiger partial charge in [0.25, 0.3) is 0 Å². The normalized spacial score (nSPS) is 10.6. The molecule has 14 heavy (non-hydrogen) atoms. The molecule has 74 valence electrons. The van der Waals surface area contributed by atoms with Crippen molar-refractivity contribution in [3.63, 3.8) is 0 Å². The van der Waals surface area contributed by atoms with Crippen molar-refractivity contribution in [3.05, 3.63) is 32.8 Å². The van der Waals surface area contributed by atoms with E-state index in [1.54, 1.807) is 6.07 Å². The van der Waals surface area contributed by atoms with Gasteiger partial charge in [-0.25, -0.2) is 4.79 Å². The SMILES string of the molecule is C[Si](C)(C)C#Cc1cc(Br)coc1=O. The van der Waals surface area contributed by atoms with Crippen molar-refractivity contribution in [1.29, 1.82) is 0 Å². The summed E-state index contributed by atoms with van der Waals surface area (Å²) in [5.41, 5.74) is 3.16. The van der Waals surface area contributed by atoms with E-state index in [0.717, 1.165) is 4.47 Å². The largest absolute Gasteiger partial charge is 0.429 e. The van der Waals surface area contributed by atoms with E-state index in [1.807, 2.05) is 0 Å². The van der Waals surface area contributed by atoms with Gasteiger partial charge < -0.3 is 4.42 Å². The van der Waals surface area contributed by atoms with E-state index in [9.17, 15) is 4.79 Å². The molecule has 0 saturated heterocycles. The molecule has 1 heterocycles. The zero-order valence-corrected chi connectivity index (χ0v) is 10.9. The third-order valence-electron chi connectivity index (χ3n) is 1.35. The fourth-order valence-corrected chi connectivity index (χ4v) is 1.58. The summed E-state index contributed by atoms with van der Waals surface area (Å²) in [6.07, 6.45) is 1.36. The van der Waals surface area contributed by atoms with Crippen LogP contribution in [0.15, 0.2) is 26.0 Å². The Hall–Kier alpha value is -0.793. The Balaban J connectivity index is 3.13. The van der Waals surface area contributed by atoms with Gasteiger partial charge in [-0.3, -0.25) is 0 Å². The molecule has 0 saturated carbocycles. The van der Waals surface area contributed by atoms with Crippen molar-refractivity contribution < 1.29 is 4.42 Å². The minimum Gasteiger partial charge on any atom is -0.429 e. The first-order valence-electron chi connectivity index (χ1n) is 4.20. The zero-order valence-electron chi connectivity index (χ0n) is 8.35. The third kappa shape index (κ3) is 3.52. The van der Waals surface area contributed by atoms with Gasteiger partial charge in [0.15, 0.2) is 0 Å². The van der Waals surface area contributed by atoms with Crippen molar-refractivity contribution in [2.75, 3.05) is 0 Å². The van der Waals surface area contributed by atoms with Crippen LogP contribution in [0.3, 0.4) is 0 Å². The lowest BCUT2D eigenvalue weighted by atomic mass is 10.3. The predicted molar refractivity (Wildman–Crippen MR) is 62.9 cm³/mol. The maximum absolute atomic E-state index is 11.2. The summed E-state index contributed by atoms with van der Waals surface area (Å²) in [4.78, 5) is 11.2. The summed E-state index contributed by atoms with van der Waals surface area (Å²) in [7, 11) is -1.44. The van der Waals surface area contributed by atoms with E-state index in [2.05, 4.69) is 47.0 Å². The second kappa shape index (κ2) is 4.16. The van der Waals surface area contributed by atoms with Crippen LogP contribution in [0, 0.1) is 11.5 Å². The van der Waals surface area contributed by atoms with E-state index in [-0.39, 0.29) is 5.63 Å². The summed E-state index contributed by atoms with van der Waals surface area (Å²) in [6.45, 7) is 6.37.